The molecule has 3 fully saturated rings. The van der Waals surface area contributed by atoms with Crippen molar-refractivity contribution in [1.82, 2.24) is 0 Å². The van der Waals surface area contributed by atoms with Crippen molar-refractivity contribution in [2.24, 2.45) is 23.7 Å². The van der Waals surface area contributed by atoms with Crippen molar-refractivity contribution in [3.63, 3.8) is 0 Å². The van der Waals surface area contributed by atoms with Crippen LogP contribution in [0.1, 0.15) is 45.4 Å². The molecule has 1 heterocycles. The highest BCUT2D eigenvalue weighted by atomic mass is 16.6. The molecule has 0 amide bonds. The Bertz CT molecular complexity index is 279. The molecule has 0 aromatic carbocycles. The highest BCUT2D eigenvalue weighted by molar-refractivity contribution is 5.11. The van der Waals surface area contributed by atoms with Crippen molar-refractivity contribution in [3.05, 3.63) is 12.7 Å². The van der Waals surface area contributed by atoms with Crippen molar-refractivity contribution >= 4 is 0 Å². The third-order valence-electron chi connectivity index (χ3n) is 5.44. The fourth-order valence-corrected chi connectivity index (χ4v) is 4.65. The summed E-state index contributed by atoms with van der Waals surface area (Å²) >= 11 is 0. The van der Waals surface area contributed by atoms with Gasteiger partial charge in [-0.2, -0.15) is 0 Å². The van der Waals surface area contributed by atoms with E-state index in [0.29, 0.717) is 0 Å². The lowest BCUT2D eigenvalue weighted by Gasteiger charge is -2.47. The molecule has 5 atom stereocenters. The Morgan fingerprint density at radius 1 is 1.38 bits per heavy atom. The highest BCUT2D eigenvalue weighted by Crippen LogP contribution is 2.57. The third-order valence-corrected chi connectivity index (χ3v) is 5.44. The SMILES string of the molecule is C=CC1C2CCCCC2C[C@@]2(CO2)C1CC. The van der Waals surface area contributed by atoms with Gasteiger partial charge in [0.2, 0.25) is 0 Å². The number of fused-ring (bicyclic) bond motifs is 1. The lowest BCUT2D eigenvalue weighted by atomic mass is 9.57. The maximum Gasteiger partial charge on any atom is 0.0952 e. The van der Waals surface area contributed by atoms with E-state index in [2.05, 4.69) is 19.6 Å². The van der Waals surface area contributed by atoms with E-state index in [1.807, 2.05) is 0 Å². The van der Waals surface area contributed by atoms with Crippen LogP contribution < -0.4 is 0 Å². The minimum absolute atomic E-state index is 0.284. The second kappa shape index (κ2) is 3.87. The summed E-state index contributed by atoms with van der Waals surface area (Å²) < 4.78 is 5.87. The molecule has 1 aliphatic heterocycles. The number of epoxide rings is 1. The molecule has 0 radical (unpaired) electrons. The lowest BCUT2D eigenvalue weighted by molar-refractivity contribution is 0.0103. The first-order valence-electron chi connectivity index (χ1n) is 7.07. The van der Waals surface area contributed by atoms with E-state index < -0.39 is 0 Å². The second-order valence-corrected chi connectivity index (χ2v) is 6.09. The van der Waals surface area contributed by atoms with Gasteiger partial charge in [-0.3, -0.25) is 0 Å². The van der Waals surface area contributed by atoms with E-state index >= 15 is 0 Å². The van der Waals surface area contributed by atoms with Crippen molar-refractivity contribution in [3.8, 4) is 0 Å². The average molecular weight is 220 g/mol. The van der Waals surface area contributed by atoms with Gasteiger partial charge in [-0.05, 0) is 42.9 Å². The van der Waals surface area contributed by atoms with E-state index in [-0.39, 0.29) is 5.60 Å². The second-order valence-electron chi connectivity index (χ2n) is 6.09. The van der Waals surface area contributed by atoms with Crippen LogP contribution in [0.2, 0.25) is 0 Å². The predicted molar refractivity (Wildman–Crippen MR) is 66.2 cm³/mol. The lowest BCUT2D eigenvalue weighted by Crippen LogP contribution is -2.45. The summed E-state index contributed by atoms with van der Waals surface area (Å²) in [5.74, 6) is 3.34. The van der Waals surface area contributed by atoms with E-state index in [0.717, 1.165) is 30.3 Å². The van der Waals surface area contributed by atoms with Gasteiger partial charge in [-0.15, -0.1) is 6.58 Å². The monoisotopic (exact) mass is 220 g/mol. The summed E-state index contributed by atoms with van der Waals surface area (Å²) in [7, 11) is 0. The number of hydrogen-bond donors (Lipinski definition) is 0. The molecule has 0 aromatic rings. The first-order valence-corrected chi connectivity index (χ1v) is 7.07. The van der Waals surface area contributed by atoms with E-state index in [1.54, 1.807) is 0 Å². The van der Waals surface area contributed by atoms with Gasteiger partial charge in [0.1, 0.15) is 0 Å². The normalized spacial score (nSPS) is 51.1. The highest BCUT2D eigenvalue weighted by Gasteiger charge is 2.59. The number of ether oxygens (including phenoxy) is 1. The van der Waals surface area contributed by atoms with Gasteiger partial charge in [0.25, 0.3) is 0 Å². The van der Waals surface area contributed by atoms with Crippen LogP contribution in [0, 0.1) is 23.7 Å². The minimum atomic E-state index is 0.284. The van der Waals surface area contributed by atoms with Crippen molar-refractivity contribution in [2.75, 3.05) is 6.61 Å². The smallest absolute Gasteiger partial charge is 0.0952 e. The predicted octanol–water partition coefficient (Wildman–Crippen LogP) is 3.79. The van der Waals surface area contributed by atoms with Crippen LogP contribution in [-0.2, 0) is 4.74 Å². The van der Waals surface area contributed by atoms with E-state index in [4.69, 9.17) is 4.74 Å². The summed E-state index contributed by atoms with van der Waals surface area (Å²) in [6, 6.07) is 0. The molecule has 1 spiro atoms. The van der Waals surface area contributed by atoms with Gasteiger partial charge in [0.05, 0.1) is 12.2 Å². The van der Waals surface area contributed by atoms with Crippen molar-refractivity contribution in [2.45, 2.75) is 51.0 Å². The molecule has 3 rings (SSSR count). The molecule has 2 aliphatic carbocycles. The summed E-state index contributed by atoms with van der Waals surface area (Å²) in [5, 5.41) is 0. The summed E-state index contributed by atoms with van der Waals surface area (Å²) in [6.07, 6.45) is 10.6. The molecule has 3 aliphatic rings. The van der Waals surface area contributed by atoms with Gasteiger partial charge >= 0.3 is 0 Å². The van der Waals surface area contributed by atoms with Gasteiger partial charge in [0, 0.05) is 0 Å². The number of hydrogen-bond acceptors (Lipinski definition) is 1. The van der Waals surface area contributed by atoms with Crippen LogP contribution in [0.5, 0.6) is 0 Å². The Morgan fingerprint density at radius 3 is 2.75 bits per heavy atom. The zero-order valence-electron chi connectivity index (χ0n) is 10.5. The number of allylic oxidation sites excluding steroid dienone is 1. The molecule has 16 heavy (non-hydrogen) atoms. The summed E-state index contributed by atoms with van der Waals surface area (Å²) in [4.78, 5) is 0. The average Bonchev–Trinajstić information content (AvgIpc) is 3.07. The number of rotatable bonds is 2. The fraction of sp³-hybridized carbons (Fsp3) is 0.867. The maximum atomic E-state index is 5.87. The first kappa shape index (κ1) is 10.8. The van der Waals surface area contributed by atoms with Crippen LogP contribution >= 0.6 is 0 Å². The molecule has 2 saturated carbocycles. The fourth-order valence-electron chi connectivity index (χ4n) is 4.65. The minimum Gasteiger partial charge on any atom is -0.369 e. The van der Waals surface area contributed by atoms with Crippen LogP contribution in [0.4, 0.5) is 0 Å². The standard InChI is InChI=1S/C15H24O/c1-3-12-13-8-6-5-7-11(13)9-15(10-16-15)14(12)4-2/h3,11-14H,1,4-10H2,2H3/t11?,12?,13?,14?,15-/m1/s1. The molecule has 0 bridgehead atoms. The van der Waals surface area contributed by atoms with Crippen LogP contribution in [0.3, 0.4) is 0 Å². The Balaban J connectivity index is 1.87. The van der Waals surface area contributed by atoms with Crippen molar-refractivity contribution in [1.29, 1.82) is 0 Å². The first-order chi connectivity index (χ1) is 7.80. The maximum absolute atomic E-state index is 5.87. The zero-order chi connectivity index (χ0) is 11.2. The molecule has 0 N–H and O–H groups in total. The Labute approximate surface area is 99.3 Å². The molecule has 90 valence electrons. The summed E-state index contributed by atoms with van der Waals surface area (Å²) in [6.45, 7) is 7.47. The van der Waals surface area contributed by atoms with Gasteiger partial charge < -0.3 is 4.74 Å². The molecule has 4 unspecified atom stereocenters. The summed E-state index contributed by atoms with van der Waals surface area (Å²) in [5.41, 5.74) is 0.284. The van der Waals surface area contributed by atoms with Gasteiger partial charge in [-0.1, -0.05) is 32.3 Å². The Kier molecular flexibility index (Phi) is 2.62. The molecular weight excluding hydrogens is 196 g/mol. The van der Waals surface area contributed by atoms with Crippen LogP contribution in [0.15, 0.2) is 12.7 Å². The van der Waals surface area contributed by atoms with Gasteiger partial charge in [0.15, 0.2) is 0 Å². The molecule has 1 heteroatoms. The Morgan fingerprint density at radius 2 is 2.12 bits per heavy atom. The third kappa shape index (κ3) is 1.48. The van der Waals surface area contributed by atoms with Crippen molar-refractivity contribution < 1.29 is 4.74 Å². The molecule has 0 aromatic heterocycles. The zero-order valence-corrected chi connectivity index (χ0v) is 10.5. The molecule has 1 saturated heterocycles. The largest absolute Gasteiger partial charge is 0.369 e. The van der Waals surface area contributed by atoms with E-state index in [9.17, 15) is 0 Å². The van der Waals surface area contributed by atoms with E-state index in [1.165, 1.54) is 38.5 Å². The van der Waals surface area contributed by atoms with Crippen LogP contribution in [-0.4, -0.2) is 12.2 Å². The van der Waals surface area contributed by atoms with Gasteiger partial charge in [-0.25, -0.2) is 0 Å². The molecular formula is C15H24O. The molecule has 1 nitrogen and oxygen atoms in total. The quantitative estimate of drug-likeness (QED) is 0.509. The topological polar surface area (TPSA) is 12.5 Å². The van der Waals surface area contributed by atoms with Crippen LogP contribution in [0.25, 0.3) is 0 Å². The Hall–Kier alpha value is -0.300.